The summed E-state index contributed by atoms with van der Waals surface area (Å²) in [4.78, 5) is 24.4. The fourth-order valence-electron chi connectivity index (χ4n) is 2.23. The van der Waals surface area contributed by atoms with Gasteiger partial charge in [-0.15, -0.1) is 12.3 Å². The van der Waals surface area contributed by atoms with E-state index in [4.69, 9.17) is 11.5 Å². The van der Waals surface area contributed by atoms with Gasteiger partial charge in [-0.2, -0.15) is 0 Å². The normalized spacial score (nSPS) is 21.0. The first kappa shape index (κ1) is 15.9. The van der Waals surface area contributed by atoms with Gasteiger partial charge in [0.05, 0.1) is 19.0 Å². The summed E-state index contributed by atoms with van der Waals surface area (Å²) in [5.41, 5.74) is 0. The molecule has 0 heterocycles. The van der Waals surface area contributed by atoms with Crippen LogP contribution in [0.3, 0.4) is 0 Å². The van der Waals surface area contributed by atoms with Gasteiger partial charge in [0, 0.05) is 6.04 Å². The maximum atomic E-state index is 12.1. The highest BCUT2D eigenvalue weighted by molar-refractivity contribution is 5.75. The molecular weight excluding hydrogens is 256 g/mol. The molecule has 0 atom stereocenters. The topological polar surface area (TPSA) is 69.6 Å². The summed E-state index contributed by atoms with van der Waals surface area (Å²) >= 11 is 0. The molecule has 0 aliphatic heterocycles. The molecule has 0 saturated heterocycles. The Morgan fingerprint density at radius 1 is 1.30 bits per heavy atom. The van der Waals surface area contributed by atoms with Gasteiger partial charge in [0.2, 0.25) is 0 Å². The van der Waals surface area contributed by atoms with Gasteiger partial charge in [-0.05, 0) is 32.6 Å². The molecule has 0 bridgehead atoms. The van der Waals surface area contributed by atoms with Gasteiger partial charge >= 0.3 is 12.0 Å². The van der Waals surface area contributed by atoms with Gasteiger partial charge in [0.1, 0.15) is 0 Å². The van der Waals surface area contributed by atoms with Crippen molar-refractivity contribution in [3.63, 3.8) is 0 Å². The molecule has 2 N–H and O–H groups in total. The van der Waals surface area contributed by atoms with Crippen molar-refractivity contribution < 1.29 is 14.7 Å². The minimum atomic E-state index is -0.748. The number of carbonyl (C=O) groups excluding carboxylic acids is 1. The lowest BCUT2D eigenvalue weighted by molar-refractivity contribution is -0.142. The lowest BCUT2D eigenvalue weighted by Gasteiger charge is -2.29. The molecule has 1 rings (SSSR count). The third-order valence-corrected chi connectivity index (χ3v) is 3.42. The molecule has 5 nitrogen and oxygen atoms in total. The second-order valence-electron chi connectivity index (χ2n) is 4.82. The third-order valence-electron chi connectivity index (χ3n) is 3.42. The minimum absolute atomic E-state index is 0.0213. The van der Waals surface area contributed by atoms with Crippen LogP contribution in [0.1, 0.15) is 32.6 Å². The fourth-order valence-corrected chi connectivity index (χ4v) is 2.23. The Morgan fingerprint density at radius 2 is 1.95 bits per heavy atom. The summed E-state index contributed by atoms with van der Waals surface area (Å²) < 4.78 is 0. The average Bonchev–Trinajstić information content (AvgIpc) is 2.43. The van der Waals surface area contributed by atoms with Gasteiger partial charge in [-0.25, -0.2) is 4.79 Å². The lowest BCUT2D eigenvalue weighted by atomic mass is 9.86. The molecule has 0 spiro atoms. The summed E-state index contributed by atoms with van der Waals surface area (Å²) in [6.45, 7) is 2.22. The van der Waals surface area contributed by atoms with Crippen LogP contribution in [-0.4, -0.2) is 41.1 Å². The molecule has 1 aliphatic rings. The lowest BCUT2D eigenvalue weighted by Crippen LogP contribution is -2.46. The molecule has 1 fully saturated rings. The van der Waals surface area contributed by atoms with Crippen molar-refractivity contribution in [2.45, 2.75) is 38.6 Å². The second kappa shape index (κ2) is 8.12. The van der Waals surface area contributed by atoms with Crippen LogP contribution < -0.4 is 5.32 Å². The van der Waals surface area contributed by atoms with E-state index in [2.05, 4.69) is 23.1 Å². The number of nitrogens with one attached hydrogen (secondary N) is 1. The van der Waals surface area contributed by atoms with Crippen LogP contribution in [-0.2, 0) is 4.79 Å². The van der Waals surface area contributed by atoms with Gasteiger partial charge in [-0.1, -0.05) is 11.8 Å². The number of carboxylic acid groups (broad SMARTS) is 1. The van der Waals surface area contributed by atoms with Crippen LogP contribution in [0.4, 0.5) is 4.79 Å². The Hall–Kier alpha value is -2.14. The van der Waals surface area contributed by atoms with Crippen LogP contribution in [0, 0.1) is 30.1 Å². The number of carbonyl (C=O) groups is 2. The van der Waals surface area contributed by atoms with E-state index in [1.165, 1.54) is 4.90 Å². The Balaban J connectivity index is 2.46. The second-order valence-corrected chi connectivity index (χ2v) is 4.82. The number of nitrogens with zero attached hydrogens (tertiary/aromatic N) is 1. The molecule has 5 heteroatoms. The maximum absolute atomic E-state index is 12.1. The molecule has 2 amide bonds. The highest BCUT2D eigenvalue weighted by Crippen LogP contribution is 2.24. The maximum Gasteiger partial charge on any atom is 0.319 e. The van der Waals surface area contributed by atoms with Crippen LogP contribution in [0.15, 0.2) is 0 Å². The first-order valence-corrected chi connectivity index (χ1v) is 6.69. The van der Waals surface area contributed by atoms with Crippen molar-refractivity contribution in [2.24, 2.45) is 5.92 Å². The Bertz CT molecular complexity index is 448. The van der Waals surface area contributed by atoms with E-state index in [9.17, 15) is 9.59 Å². The van der Waals surface area contributed by atoms with Crippen LogP contribution >= 0.6 is 0 Å². The zero-order chi connectivity index (χ0) is 15.0. The van der Waals surface area contributed by atoms with E-state index in [-0.39, 0.29) is 24.5 Å². The molecule has 0 aromatic rings. The van der Waals surface area contributed by atoms with E-state index in [0.717, 1.165) is 0 Å². The van der Waals surface area contributed by atoms with Crippen LogP contribution in [0.5, 0.6) is 0 Å². The summed E-state index contributed by atoms with van der Waals surface area (Å²) in [7, 11) is 0. The number of urea groups is 1. The third kappa shape index (κ3) is 4.85. The largest absolute Gasteiger partial charge is 0.481 e. The quantitative estimate of drug-likeness (QED) is 0.760. The molecule has 0 aromatic heterocycles. The summed E-state index contributed by atoms with van der Waals surface area (Å²) in [6, 6.07) is -0.211. The van der Waals surface area contributed by atoms with Crippen molar-refractivity contribution in [3.05, 3.63) is 0 Å². The number of amides is 2. The highest BCUT2D eigenvalue weighted by Gasteiger charge is 2.27. The standard InChI is InChI=1S/C15H20N2O3/c1-3-5-11-17(10-4-2)15(20)16-13-8-6-12(7-9-13)14(18)19/h2,12-13H,6-11H2,1H3,(H,16,20)(H,18,19). The summed E-state index contributed by atoms with van der Waals surface area (Å²) in [6.07, 6.45) is 7.81. The van der Waals surface area contributed by atoms with Gasteiger partial charge in [-0.3, -0.25) is 4.79 Å². The number of carboxylic acids is 1. The van der Waals surface area contributed by atoms with Crippen molar-refractivity contribution in [3.8, 4) is 24.2 Å². The summed E-state index contributed by atoms with van der Waals surface area (Å²) in [5, 5.41) is 11.8. The number of rotatable bonds is 4. The van der Waals surface area contributed by atoms with Crippen LogP contribution in [0.2, 0.25) is 0 Å². The van der Waals surface area contributed by atoms with E-state index in [0.29, 0.717) is 32.2 Å². The Kier molecular flexibility index (Phi) is 6.46. The number of hydrogen-bond acceptors (Lipinski definition) is 2. The molecule has 1 aliphatic carbocycles. The van der Waals surface area contributed by atoms with Gasteiger partial charge in [0.25, 0.3) is 0 Å². The monoisotopic (exact) mass is 276 g/mol. The van der Waals surface area contributed by atoms with E-state index in [1.54, 1.807) is 6.92 Å². The molecule has 0 unspecified atom stereocenters. The van der Waals surface area contributed by atoms with E-state index >= 15 is 0 Å². The minimum Gasteiger partial charge on any atom is -0.481 e. The number of aliphatic carboxylic acids is 1. The average molecular weight is 276 g/mol. The molecule has 20 heavy (non-hydrogen) atoms. The Labute approximate surface area is 119 Å². The molecule has 0 aromatic carbocycles. The van der Waals surface area contributed by atoms with Crippen molar-refractivity contribution in [1.82, 2.24) is 10.2 Å². The predicted molar refractivity (Wildman–Crippen MR) is 75.8 cm³/mol. The highest BCUT2D eigenvalue weighted by atomic mass is 16.4. The number of terminal acetylenes is 1. The molecule has 108 valence electrons. The first-order chi connectivity index (χ1) is 9.58. The van der Waals surface area contributed by atoms with Crippen molar-refractivity contribution >= 4 is 12.0 Å². The van der Waals surface area contributed by atoms with Crippen LogP contribution in [0.25, 0.3) is 0 Å². The molecular formula is C15H20N2O3. The zero-order valence-corrected chi connectivity index (χ0v) is 11.7. The summed E-state index contributed by atoms with van der Waals surface area (Å²) in [5.74, 6) is 6.95. The molecule has 0 radical (unpaired) electrons. The predicted octanol–water partition coefficient (Wildman–Crippen LogP) is 1.30. The number of hydrogen-bond donors (Lipinski definition) is 2. The Morgan fingerprint density at radius 3 is 2.45 bits per heavy atom. The smallest absolute Gasteiger partial charge is 0.319 e. The zero-order valence-electron chi connectivity index (χ0n) is 11.7. The van der Waals surface area contributed by atoms with E-state index in [1.807, 2.05) is 0 Å². The molecule has 1 saturated carbocycles. The van der Waals surface area contributed by atoms with Crippen molar-refractivity contribution in [1.29, 1.82) is 0 Å². The van der Waals surface area contributed by atoms with Crippen molar-refractivity contribution in [2.75, 3.05) is 13.1 Å². The SMILES string of the molecule is C#CCN(CC#CC)C(=O)NC1CCC(C(=O)O)CC1. The first-order valence-electron chi connectivity index (χ1n) is 6.69. The van der Waals surface area contributed by atoms with E-state index < -0.39 is 5.97 Å². The van der Waals surface area contributed by atoms with Gasteiger partial charge < -0.3 is 15.3 Å². The van der Waals surface area contributed by atoms with Gasteiger partial charge in [0.15, 0.2) is 0 Å². The fraction of sp³-hybridized carbons (Fsp3) is 0.600.